The Morgan fingerprint density at radius 1 is 1.10 bits per heavy atom. The van der Waals surface area contributed by atoms with E-state index in [1.54, 1.807) is 11.8 Å². The minimum Gasteiger partial charge on any atom is -0.478 e. The zero-order valence-electron chi connectivity index (χ0n) is 10.6. The number of amides is 1. The maximum Gasteiger partial charge on any atom is 0.336 e. The van der Waals surface area contributed by atoms with Gasteiger partial charge in [0.05, 0.1) is 11.1 Å². The van der Waals surface area contributed by atoms with Crippen LogP contribution in [0.5, 0.6) is 0 Å². The van der Waals surface area contributed by atoms with Crippen LogP contribution in [-0.4, -0.2) is 46.5 Å². The predicted octanol–water partition coefficient (Wildman–Crippen LogP) is 2.24. The van der Waals surface area contributed by atoms with Crippen LogP contribution in [0.15, 0.2) is 12.1 Å². The first kappa shape index (κ1) is 14.8. The van der Waals surface area contributed by atoms with E-state index in [0.717, 1.165) is 17.9 Å². The molecule has 0 radical (unpaired) electrons. The normalized spacial score (nSPS) is 15.8. The van der Waals surface area contributed by atoms with E-state index in [1.165, 1.54) is 4.90 Å². The van der Waals surface area contributed by atoms with Crippen LogP contribution in [0, 0.1) is 11.6 Å². The topological polar surface area (TPSA) is 57.6 Å². The summed E-state index contributed by atoms with van der Waals surface area (Å²) in [6, 6.07) is 1.22. The van der Waals surface area contributed by atoms with E-state index in [2.05, 4.69) is 0 Å². The SMILES string of the molecule is O=C(O)c1cc(F)c(F)cc1C(=O)N1CCCSCC1. The number of hydrogen-bond donors (Lipinski definition) is 1. The number of hydrogen-bond acceptors (Lipinski definition) is 3. The Bertz CT molecular complexity index is 543. The summed E-state index contributed by atoms with van der Waals surface area (Å²) in [5.74, 6) is -2.83. The van der Waals surface area contributed by atoms with Crippen molar-refractivity contribution in [2.45, 2.75) is 6.42 Å². The molecular weight excluding hydrogens is 288 g/mol. The van der Waals surface area contributed by atoms with Gasteiger partial charge in [0.2, 0.25) is 0 Å². The van der Waals surface area contributed by atoms with Gasteiger partial charge in [0.15, 0.2) is 11.6 Å². The smallest absolute Gasteiger partial charge is 0.336 e. The van der Waals surface area contributed by atoms with Gasteiger partial charge in [-0.05, 0) is 24.3 Å². The van der Waals surface area contributed by atoms with Gasteiger partial charge in [0.1, 0.15) is 0 Å². The van der Waals surface area contributed by atoms with Crippen molar-refractivity contribution in [1.29, 1.82) is 0 Å². The van der Waals surface area contributed by atoms with Crippen molar-refractivity contribution in [3.05, 3.63) is 34.9 Å². The van der Waals surface area contributed by atoms with E-state index in [1.807, 2.05) is 0 Å². The summed E-state index contributed by atoms with van der Waals surface area (Å²) < 4.78 is 26.4. The van der Waals surface area contributed by atoms with Crippen LogP contribution in [0.4, 0.5) is 8.78 Å². The lowest BCUT2D eigenvalue weighted by Crippen LogP contribution is -2.34. The van der Waals surface area contributed by atoms with Crippen LogP contribution >= 0.6 is 11.8 Å². The molecule has 1 aromatic rings. The van der Waals surface area contributed by atoms with Crippen molar-refractivity contribution in [2.24, 2.45) is 0 Å². The average molecular weight is 301 g/mol. The highest BCUT2D eigenvalue weighted by Crippen LogP contribution is 2.19. The van der Waals surface area contributed by atoms with Crippen molar-refractivity contribution >= 4 is 23.6 Å². The fraction of sp³-hybridized carbons (Fsp3) is 0.385. The highest BCUT2D eigenvalue weighted by atomic mass is 32.2. The molecule has 1 amide bonds. The minimum atomic E-state index is -1.45. The lowest BCUT2D eigenvalue weighted by Gasteiger charge is -2.21. The maximum absolute atomic E-state index is 13.3. The van der Waals surface area contributed by atoms with Crippen LogP contribution < -0.4 is 0 Å². The van der Waals surface area contributed by atoms with Gasteiger partial charge in [-0.15, -0.1) is 0 Å². The molecule has 2 rings (SSSR count). The summed E-state index contributed by atoms with van der Waals surface area (Å²) in [7, 11) is 0. The number of aromatic carboxylic acids is 1. The van der Waals surface area contributed by atoms with E-state index in [-0.39, 0.29) is 5.56 Å². The third kappa shape index (κ3) is 3.09. The monoisotopic (exact) mass is 301 g/mol. The summed E-state index contributed by atoms with van der Waals surface area (Å²) in [6.45, 7) is 0.964. The molecule has 0 aliphatic carbocycles. The van der Waals surface area contributed by atoms with Crippen molar-refractivity contribution in [2.75, 3.05) is 24.6 Å². The second-order valence-electron chi connectivity index (χ2n) is 4.38. The van der Waals surface area contributed by atoms with Crippen LogP contribution in [0.25, 0.3) is 0 Å². The van der Waals surface area contributed by atoms with E-state index < -0.39 is 29.1 Å². The van der Waals surface area contributed by atoms with Crippen LogP contribution in [0.1, 0.15) is 27.1 Å². The van der Waals surface area contributed by atoms with Gasteiger partial charge >= 0.3 is 5.97 Å². The molecule has 0 unspecified atom stereocenters. The lowest BCUT2D eigenvalue weighted by atomic mass is 10.1. The molecule has 0 saturated carbocycles. The van der Waals surface area contributed by atoms with E-state index in [4.69, 9.17) is 5.11 Å². The highest BCUT2D eigenvalue weighted by molar-refractivity contribution is 7.99. The van der Waals surface area contributed by atoms with Gasteiger partial charge in [0.25, 0.3) is 5.91 Å². The van der Waals surface area contributed by atoms with Crippen LogP contribution in [0.2, 0.25) is 0 Å². The third-order valence-electron chi connectivity index (χ3n) is 3.03. The Labute approximate surface area is 118 Å². The number of halogens is 2. The van der Waals surface area contributed by atoms with E-state index in [0.29, 0.717) is 25.2 Å². The molecule has 0 atom stereocenters. The molecule has 1 aliphatic heterocycles. The molecule has 1 aromatic carbocycles. The minimum absolute atomic E-state index is 0.302. The largest absolute Gasteiger partial charge is 0.478 e. The summed E-state index contributed by atoms with van der Waals surface area (Å²) in [5, 5.41) is 9.02. The number of carbonyl (C=O) groups excluding carboxylic acids is 1. The number of carbonyl (C=O) groups is 2. The molecule has 7 heteroatoms. The first-order chi connectivity index (χ1) is 9.50. The molecule has 20 heavy (non-hydrogen) atoms. The lowest BCUT2D eigenvalue weighted by molar-refractivity contribution is 0.0676. The van der Waals surface area contributed by atoms with E-state index in [9.17, 15) is 18.4 Å². The van der Waals surface area contributed by atoms with E-state index >= 15 is 0 Å². The molecular formula is C13H13F2NO3S. The Kier molecular flexibility index (Phi) is 4.59. The number of thioether (sulfide) groups is 1. The molecule has 4 nitrogen and oxygen atoms in total. The maximum atomic E-state index is 13.3. The van der Waals surface area contributed by atoms with Gasteiger partial charge in [-0.2, -0.15) is 11.8 Å². The quantitative estimate of drug-likeness (QED) is 0.910. The zero-order valence-corrected chi connectivity index (χ0v) is 11.4. The summed E-state index contributed by atoms with van der Waals surface area (Å²) in [6.07, 6.45) is 0.794. The molecule has 108 valence electrons. The molecule has 1 saturated heterocycles. The number of carboxylic acid groups (broad SMARTS) is 1. The standard InChI is InChI=1S/C13H13F2NO3S/c14-10-6-8(9(13(18)19)7-11(10)15)12(17)16-2-1-4-20-5-3-16/h6-7H,1-5H2,(H,18,19). The van der Waals surface area contributed by atoms with Gasteiger partial charge in [0, 0.05) is 18.8 Å². The highest BCUT2D eigenvalue weighted by Gasteiger charge is 2.25. The Hall–Kier alpha value is -1.63. The molecule has 1 aliphatic rings. The van der Waals surface area contributed by atoms with Gasteiger partial charge in [-0.3, -0.25) is 4.79 Å². The molecule has 1 N–H and O–H groups in total. The molecule has 0 bridgehead atoms. The average Bonchev–Trinajstić information content (AvgIpc) is 2.69. The van der Waals surface area contributed by atoms with Crippen molar-refractivity contribution in [3.8, 4) is 0 Å². The number of nitrogens with zero attached hydrogens (tertiary/aromatic N) is 1. The number of carboxylic acids is 1. The fourth-order valence-corrected chi connectivity index (χ4v) is 2.91. The zero-order chi connectivity index (χ0) is 14.7. The first-order valence-electron chi connectivity index (χ1n) is 6.10. The Morgan fingerprint density at radius 3 is 2.40 bits per heavy atom. The van der Waals surface area contributed by atoms with Crippen molar-refractivity contribution in [1.82, 2.24) is 4.90 Å². The summed E-state index contributed by atoms with van der Waals surface area (Å²) in [5.41, 5.74) is -0.811. The van der Waals surface area contributed by atoms with Crippen molar-refractivity contribution < 1.29 is 23.5 Å². The van der Waals surface area contributed by atoms with Crippen LogP contribution in [-0.2, 0) is 0 Å². The summed E-state index contributed by atoms with van der Waals surface area (Å²) >= 11 is 1.70. The predicted molar refractivity (Wildman–Crippen MR) is 71.2 cm³/mol. The first-order valence-corrected chi connectivity index (χ1v) is 7.25. The Balaban J connectivity index is 2.37. The molecule has 0 aromatic heterocycles. The fourth-order valence-electron chi connectivity index (χ4n) is 2.02. The van der Waals surface area contributed by atoms with Gasteiger partial charge in [-0.1, -0.05) is 0 Å². The number of benzene rings is 1. The third-order valence-corrected chi connectivity index (χ3v) is 4.08. The second kappa shape index (κ2) is 6.21. The second-order valence-corrected chi connectivity index (χ2v) is 5.60. The molecule has 1 heterocycles. The molecule has 0 spiro atoms. The van der Waals surface area contributed by atoms with Gasteiger partial charge in [-0.25, -0.2) is 13.6 Å². The molecule has 1 fully saturated rings. The Morgan fingerprint density at radius 2 is 1.75 bits per heavy atom. The van der Waals surface area contributed by atoms with Crippen molar-refractivity contribution in [3.63, 3.8) is 0 Å². The van der Waals surface area contributed by atoms with Crippen LogP contribution in [0.3, 0.4) is 0 Å². The number of rotatable bonds is 2. The summed E-state index contributed by atoms with van der Waals surface area (Å²) in [4.78, 5) is 24.9. The van der Waals surface area contributed by atoms with Gasteiger partial charge < -0.3 is 10.0 Å².